The van der Waals surface area contributed by atoms with Crippen LogP contribution in [0.3, 0.4) is 0 Å². The van der Waals surface area contributed by atoms with Crippen molar-refractivity contribution in [2.24, 2.45) is 0 Å². The van der Waals surface area contributed by atoms with E-state index >= 15 is 0 Å². The molecule has 2 aliphatic rings. The Balaban J connectivity index is 1.37. The second kappa shape index (κ2) is 11.9. The molecule has 5 rings (SSSR count). The third kappa shape index (κ3) is 6.31. The molecule has 212 valence electrons. The fourth-order valence-electron chi connectivity index (χ4n) is 5.38. The number of benzene rings is 3. The van der Waals surface area contributed by atoms with Gasteiger partial charge in [0.15, 0.2) is 0 Å². The van der Waals surface area contributed by atoms with Gasteiger partial charge in [-0.25, -0.2) is 4.39 Å². The summed E-state index contributed by atoms with van der Waals surface area (Å²) in [5, 5.41) is 18.7. The highest BCUT2D eigenvalue weighted by Crippen LogP contribution is 2.48. The molecule has 0 bridgehead atoms. The van der Waals surface area contributed by atoms with Crippen LogP contribution in [0.4, 0.5) is 4.39 Å². The van der Waals surface area contributed by atoms with E-state index in [-0.39, 0.29) is 31.6 Å². The molecule has 1 aliphatic carbocycles. The zero-order valence-electron chi connectivity index (χ0n) is 22.8. The van der Waals surface area contributed by atoms with Crippen molar-refractivity contribution < 1.29 is 23.5 Å². The maximum Gasteiger partial charge on any atom is 0.310 e. The van der Waals surface area contributed by atoms with Gasteiger partial charge in [0.1, 0.15) is 25.1 Å². The average molecular weight is 558 g/mol. The van der Waals surface area contributed by atoms with Crippen LogP contribution < -0.4 is 20.7 Å². The fraction of sp³-hybridized carbons (Fsp3) is 0.355. The Morgan fingerprint density at radius 3 is 2.56 bits per heavy atom. The number of nitrogens with one attached hydrogen (secondary N) is 3. The Morgan fingerprint density at radius 2 is 1.83 bits per heavy atom. The van der Waals surface area contributed by atoms with E-state index in [0.29, 0.717) is 29.8 Å². The number of hydrogen-bond acceptors (Lipinski definition) is 6. The first-order valence-electron chi connectivity index (χ1n) is 13.6. The lowest BCUT2D eigenvalue weighted by Gasteiger charge is -2.22. The molecule has 2 atom stereocenters. The fourth-order valence-corrected chi connectivity index (χ4v) is 5.38. The molecule has 2 fully saturated rings. The third-order valence-electron chi connectivity index (χ3n) is 7.79. The number of amides is 3. The van der Waals surface area contributed by atoms with Gasteiger partial charge in [0.2, 0.25) is 0 Å². The molecular weight excluding hydrogens is 525 g/mol. The largest absolute Gasteiger partial charge is 0.492 e. The lowest BCUT2D eigenvalue weighted by Crippen LogP contribution is -2.40. The van der Waals surface area contributed by atoms with Crippen LogP contribution in [0.5, 0.6) is 5.75 Å². The molecule has 10 heteroatoms. The number of ether oxygens (including phenoxy) is 1. The molecule has 3 aromatic carbocycles. The van der Waals surface area contributed by atoms with Gasteiger partial charge < -0.3 is 20.7 Å². The van der Waals surface area contributed by atoms with E-state index in [2.05, 4.69) is 16.0 Å². The minimum atomic E-state index is -0.933. The summed E-state index contributed by atoms with van der Waals surface area (Å²) in [4.78, 5) is 39.9. The van der Waals surface area contributed by atoms with Gasteiger partial charge >= 0.3 is 11.8 Å². The van der Waals surface area contributed by atoms with Crippen LogP contribution in [-0.4, -0.2) is 61.6 Å². The number of nitriles is 1. The van der Waals surface area contributed by atoms with E-state index in [9.17, 15) is 18.8 Å². The van der Waals surface area contributed by atoms with Gasteiger partial charge in [0.25, 0.3) is 5.91 Å². The summed E-state index contributed by atoms with van der Waals surface area (Å²) in [6.45, 7) is 0.255. The monoisotopic (exact) mass is 557 g/mol. The van der Waals surface area contributed by atoms with E-state index < -0.39 is 23.5 Å². The summed E-state index contributed by atoms with van der Waals surface area (Å²) in [5.74, 6) is -1.73. The maximum absolute atomic E-state index is 13.8. The van der Waals surface area contributed by atoms with Crippen LogP contribution in [0.2, 0.25) is 0 Å². The van der Waals surface area contributed by atoms with Crippen molar-refractivity contribution >= 4 is 28.5 Å². The number of carbonyl (C=O) groups is 3. The molecule has 1 heterocycles. The Morgan fingerprint density at radius 1 is 1.07 bits per heavy atom. The summed E-state index contributed by atoms with van der Waals surface area (Å²) < 4.78 is 19.8. The van der Waals surface area contributed by atoms with E-state index in [1.807, 2.05) is 54.4 Å². The zero-order valence-corrected chi connectivity index (χ0v) is 22.8. The first kappa shape index (κ1) is 28.1. The zero-order chi connectivity index (χ0) is 29.0. The summed E-state index contributed by atoms with van der Waals surface area (Å²) in [6.07, 6.45) is 1.06. The molecule has 1 saturated heterocycles. The van der Waals surface area contributed by atoms with Gasteiger partial charge in [0, 0.05) is 24.7 Å². The van der Waals surface area contributed by atoms with Crippen molar-refractivity contribution in [2.45, 2.75) is 43.6 Å². The van der Waals surface area contributed by atoms with Crippen LogP contribution in [-0.2, 0) is 21.7 Å². The number of halogens is 1. The van der Waals surface area contributed by atoms with Gasteiger partial charge in [-0.1, -0.05) is 48.5 Å². The number of nitrogens with zero attached hydrogens (tertiary/aromatic N) is 2. The van der Waals surface area contributed by atoms with Gasteiger partial charge in [-0.05, 0) is 60.3 Å². The summed E-state index contributed by atoms with van der Waals surface area (Å²) in [6, 6.07) is 20.8. The van der Waals surface area contributed by atoms with Gasteiger partial charge in [-0.15, -0.1) is 0 Å². The van der Waals surface area contributed by atoms with Crippen molar-refractivity contribution in [2.75, 3.05) is 26.7 Å². The number of likely N-dealkylation sites (N-methyl/N-ethyl adjacent to an activating group) is 1. The smallest absolute Gasteiger partial charge is 0.310 e. The summed E-state index contributed by atoms with van der Waals surface area (Å²) in [7, 11) is 1.85. The third-order valence-corrected chi connectivity index (χ3v) is 7.79. The van der Waals surface area contributed by atoms with Crippen LogP contribution in [0, 0.1) is 11.3 Å². The van der Waals surface area contributed by atoms with Crippen molar-refractivity contribution in [3.63, 3.8) is 0 Å². The van der Waals surface area contributed by atoms with Gasteiger partial charge in [-0.2, -0.15) is 5.26 Å². The first-order chi connectivity index (χ1) is 19.8. The molecule has 3 aromatic rings. The Kier molecular flexibility index (Phi) is 8.17. The number of likely N-dealkylation sites (tertiary alicyclic amines) is 1. The van der Waals surface area contributed by atoms with E-state index in [4.69, 9.17) is 10.00 Å². The number of rotatable bonds is 9. The highest BCUT2D eigenvalue weighted by atomic mass is 19.1. The number of alkyl halides is 1. The molecule has 0 unspecified atom stereocenters. The molecule has 0 spiro atoms. The van der Waals surface area contributed by atoms with Crippen molar-refractivity contribution in [3.8, 4) is 11.8 Å². The highest BCUT2D eigenvalue weighted by Gasteiger charge is 2.46. The molecule has 41 heavy (non-hydrogen) atoms. The van der Waals surface area contributed by atoms with E-state index in [1.54, 1.807) is 24.3 Å². The molecule has 3 N–H and O–H groups in total. The standard InChI is InChI=1S/C31H32FN5O4/c1-37-18-22(32)15-23(37)19-41-24-10-9-21(17-35-30(40)29(39)34-14-13-33)26(16-24)28(38)36-31(11-12-31)27-8-4-6-20-5-2-3-7-25(20)27/h2-10,16,22-23H,11-12,14-15,17-19H2,1H3,(H,34,39)(H,35,40)(H,36,38)/t22-,23+/m1/s1. The number of carbonyl (C=O) groups excluding carboxylic acids is 3. The van der Waals surface area contributed by atoms with Gasteiger partial charge in [-0.3, -0.25) is 19.3 Å². The molecule has 0 radical (unpaired) electrons. The minimum Gasteiger partial charge on any atom is -0.492 e. The van der Waals surface area contributed by atoms with Crippen LogP contribution in [0.15, 0.2) is 60.7 Å². The predicted octanol–water partition coefficient (Wildman–Crippen LogP) is 2.94. The lowest BCUT2D eigenvalue weighted by molar-refractivity contribution is -0.139. The first-order valence-corrected chi connectivity index (χ1v) is 13.6. The van der Waals surface area contributed by atoms with Crippen molar-refractivity contribution in [1.29, 1.82) is 5.26 Å². The maximum atomic E-state index is 13.8. The van der Waals surface area contributed by atoms with Crippen molar-refractivity contribution in [1.82, 2.24) is 20.9 Å². The second-order valence-corrected chi connectivity index (χ2v) is 10.6. The molecule has 1 saturated carbocycles. The Hall–Kier alpha value is -4.49. The summed E-state index contributed by atoms with van der Waals surface area (Å²) in [5.41, 5.74) is 1.32. The SMILES string of the molecule is CN1C[C@H](F)C[C@H]1COc1ccc(CNC(=O)C(=O)NCC#N)c(C(=O)NC2(c3cccc4ccccc34)CC2)c1. The van der Waals surface area contributed by atoms with E-state index in [1.165, 1.54) is 0 Å². The Bertz CT molecular complexity index is 1510. The van der Waals surface area contributed by atoms with Crippen molar-refractivity contribution in [3.05, 3.63) is 77.4 Å². The van der Waals surface area contributed by atoms with Crippen LogP contribution >= 0.6 is 0 Å². The lowest BCUT2D eigenvalue weighted by atomic mass is 9.96. The molecule has 1 aliphatic heterocycles. The molecule has 9 nitrogen and oxygen atoms in total. The number of hydrogen-bond donors (Lipinski definition) is 3. The predicted molar refractivity (Wildman–Crippen MR) is 151 cm³/mol. The molecule has 0 aromatic heterocycles. The molecular formula is C31H32FN5O4. The quantitative estimate of drug-likeness (QED) is 0.275. The summed E-state index contributed by atoms with van der Waals surface area (Å²) >= 11 is 0. The number of fused-ring (bicyclic) bond motifs is 1. The highest BCUT2D eigenvalue weighted by molar-refractivity contribution is 6.35. The second-order valence-electron chi connectivity index (χ2n) is 10.6. The minimum absolute atomic E-state index is 0.0748. The van der Waals surface area contributed by atoms with Crippen LogP contribution in [0.1, 0.15) is 40.7 Å². The topological polar surface area (TPSA) is 124 Å². The molecule has 3 amide bonds. The normalized spacial score (nSPS) is 19.2. The van der Waals surface area contributed by atoms with E-state index in [0.717, 1.165) is 29.2 Å². The van der Waals surface area contributed by atoms with Crippen LogP contribution in [0.25, 0.3) is 10.8 Å². The van der Waals surface area contributed by atoms with Gasteiger partial charge in [0.05, 0.1) is 11.6 Å². The Labute approximate surface area is 237 Å². The average Bonchev–Trinajstić information content (AvgIpc) is 3.68.